The molecule has 0 saturated carbocycles. The average Bonchev–Trinajstić information content (AvgIpc) is 2.92. The lowest BCUT2D eigenvalue weighted by Crippen LogP contribution is -2.60. The number of aliphatic hydroxyl groups is 6. The molecule has 0 aromatic rings. The Morgan fingerprint density at radius 1 is 1.08 bits per heavy atom. The quantitative estimate of drug-likeness (QED) is 0.297. The van der Waals surface area contributed by atoms with Gasteiger partial charge in [-0.1, -0.05) is 6.08 Å². The molecule has 9 nitrogen and oxygen atoms in total. The number of ether oxygens (including phenoxy) is 3. The first-order valence-corrected chi connectivity index (χ1v) is 7.75. The molecule has 0 spiro atoms. The van der Waals surface area contributed by atoms with Crippen LogP contribution >= 0.6 is 0 Å². The third kappa shape index (κ3) is 2.98. The van der Waals surface area contributed by atoms with Crippen LogP contribution in [-0.4, -0.2) is 87.0 Å². The molecule has 0 bridgehead atoms. The highest BCUT2D eigenvalue weighted by Gasteiger charge is 2.49. The van der Waals surface area contributed by atoms with Crippen molar-refractivity contribution in [3.63, 3.8) is 0 Å². The van der Waals surface area contributed by atoms with Gasteiger partial charge in [-0.25, -0.2) is 0 Å². The first-order valence-electron chi connectivity index (χ1n) is 7.75. The van der Waals surface area contributed by atoms with Gasteiger partial charge in [0.25, 0.3) is 0 Å². The molecule has 9 heteroatoms. The summed E-state index contributed by atoms with van der Waals surface area (Å²) >= 11 is 0. The molecule has 24 heavy (non-hydrogen) atoms. The summed E-state index contributed by atoms with van der Waals surface area (Å²) in [6, 6.07) is 0. The van der Waals surface area contributed by atoms with Crippen molar-refractivity contribution in [1.29, 1.82) is 0 Å². The van der Waals surface area contributed by atoms with Crippen LogP contribution in [0.4, 0.5) is 0 Å². The van der Waals surface area contributed by atoms with E-state index in [0.29, 0.717) is 5.57 Å². The molecule has 1 saturated heterocycles. The fraction of sp³-hybridized carbons (Fsp3) is 0.733. The molecular formula is C15H22O9. The smallest absolute Gasteiger partial charge is 0.206 e. The molecule has 3 aliphatic rings. The van der Waals surface area contributed by atoms with Gasteiger partial charge in [-0.2, -0.15) is 0 Å². The molecule has 0 amide bonds. The second kappa shape index (κ2) is 7.06. The summed E-state index contributed by atoms with van der Waals surface area (Å²) in [5.74, 6) is -0.859. The molecule has 0 radical (unpaired) electrons. The second-order valence-electron chi connectivity index (χ2n) is 6.16. The van der Waals surface area contributed by atoms with Gasteiger partial charge in [-0.05, 0) is 11.6 Å². The van der Waals surface area contributed by atoms with Crippen molar-refractivity contribution in [2.75, 3.05) is 13.2 Å². The predicted molar refractivity (Wildman–Crippen MR) is 77.0 cm³/mol. The third-order valence-corrected chi connectivity index (χ3v) is 4.75. The van der Waals surface area contributed by atoms with E-state index in [9.17, 15) is 25.5 Å². The fourth-order valence-electron chi connectivity index (χ4n) is 3.44. The summed E-state index contributed by atoms with van der Waals surface area (Å²) in [7, 11) is 0. The Morgan fingerprint density at radius 3 is 2.50 bits per heavy atom. The molecule has 1 aliphatic carbocycles. The minimum atomic E-state index is -1.58. The first kappa shape index (κ1) is 17.8. The topological polar surface area (TPSA) is 149 Å². The lowest BCUT2D eigenvalue weighted by atomic mass is 9.88. The zero-order valence-electron chi connectivity index (χ0n) is 12.8. The van der Waals surface area contributed by atoms with E-state index in [1.54, 1.807) is 6.08 Å². The van der Waals surface area contributed by atoms with Gasteiger partial charge >= 0.3 is 0 Å². The molecule has 0 aromatic heterocycles. The monoisotopic (exact) mass is 346 g/mol. The first-order chi connectivity index (χ1) is 11.5. The van der Waals surface area contributed by atoms with E-state index in [-0.39, 0.29) is 12.5 Å². The predicted octanol–water partition coefficient (Wildman–Crippen LogP) is -2.80. The molecule has 3 rings (SSSR count). The largest absolute Gasteiger partial charge is 0.472 e. The van der Waals surface area contributed by atoms with Crippen LogP contribution in [0, 0.1) is 11.8 Å². The summed E-state index contributed by atoms with van der Waals surface area (Å²) in [5.41, 5.74) is 0.524. The SMILES string of the molecule is OCC1=CC(O)C2C=COC(O[C@@H]3[C@@H](O)[C@H](O)[C@@H](CO)O[C@H]3O)C12. The summed E-state index contributed by atoms with van der Waals surface area (Å²) in [5, 5.41) is 58.6. The molecule has 136 valence electrons. The molecule has 0 aromatic carbocycles. The Balaban J connectivity index is 1.75. The van der Waals surface area contributed by atoms with Crippen molar-refractivity contribution >= 4 is 0 Å². The van der Waals surface area contributed by atoms with Crippen molar-refractivity contribution in [3.05, 3.63) is 24.0 Å². The van der Waals surface area contributed by atoms with Crippen LogP contribution in [-0.2, 0) is 14.2 Å². The van der Waals surface area contributed by atoms with Gasteiger partial charge < -0.3 is 44.8 Å². The van der Waals surface area contributed by atoms with Crippen molar-refractivity contribution in [2.45, 2.75) is 43.1 Å². The Hall–Kier alpha value is -1.04. The summed E-state index contributed by atoms with van der Waals surface area (Å²) in [4.78, 5) is 0. The second-order valence-corrected chi connectivity index (χ2v) is 6.16. The Kier molecular flexibility index (Phi) is 5.23. The fourth-order valence-corrected chi connectivity index (χ4v) is 3.44. The van der Waals surface area contributed by atoms with Gasteiger partial charge in [-0.3, -0.25) is 0 Å². The van der Waals surface area contributed by atoms with Crippen molar-refractivity contribution < 1.29 is 44.8 Å². The molecule has 6 N–H and O–H groups in total. The van der Waals surface area contributed by atoms with E-state index in [1.807, 2.05) is 0 Å². The third-order valence-electron chi connectivity index (χ3n) is 4.75. The van der Waals surface area contributed by atoms with Crippen LogP contribution in [0.25, 0.3) is 0 Å². The molecular weight excluding hydrogens is 324 g/mol. The number of aliphatic hydroxyl groups excluding tert-OH is 6. The highest BCUT2D eigenvalue weighted by molar-refractivity contribution is 5.25. The van der Waals surface area contributed by atoms with Crippen LogP contribution in [0.1, 0.15) is 0 Å². The lowest BCUT2D eigenvalue weighted by molar-refractivity contribution is -0.325. The lowest BCUT2D eigenvalue weighted by Gasteiger charge is -2.42. The van der Waals surface area contributed by atoms with Crippen LogP contribution in [0.2, 0.25) is 0 Å². The minimum Gasteiger partial charge on any atom is -0.472 e. The zero-order valence-corrected chi connectivity index (χ0v) is 12.8. The number of rotatable bonds is 4. The Morgan fingerprint density at radius 2 is 1.83 bits per heavy atom. The average molecular weight is 346 g/mol. The van der Waals surface area contributed by atoms with Crippen LogP contribution in [0.5, 0.6) is 0 Å². The zero-order chi connectivity index (χ0) is 17.4. The van der Waals surface area contributed by atoms with E-state index in [1.165, 1.54) is 12.3 Å². The molecule has 1 fully saturated rings. The number of hydrogen-bond acceptors (Lipinski definition) is 9. The van der Waals surface area contributed by atoms with E-state index in [0.717, 1.165) is 0 Å². The summed E-state index contributed by atoms with van der Waals surface area (Å²) < 4.78 is 16.0. The highest BCUT2D eigenvalue weighted by atomic mass is 16.7. The molecule has 9 atom stereocenters. The van der Waals surface area contributed by atoms with Crippen LogP contribution in [0.15, 0.2) is 24.0 Å². The van der Waals surface area contributed by atoms with Gasteiger partial charge in [-0.15, -0.1) is 0 Å². The van der Waals surface area contributed by atoms with Crippen LogP contribution < -0.4 is 0 Å². The van der Waals surface area contributed by atoms with Gasteiger partial charge in [0.15, 0.2) is 6.29 Å². The standard InChI is InChI=1S/C15H22O9/c16-4-6-3-8(18)7-1-2-22-15(10(6)7)24-13-12(20)11(19)9(5-17)23-14(13)21/h1-3,7-21H,4-5H2/t7?,8?,9-,10?,11-,12+,13-,14-,15?/m1/s1. The maximum atomic E-state index is 10.1. The number of fused-ring (bicyclic) bond motifs is 1. The van der Waals surface area contributed by atoms with E-state index >= 15 is 0 Å². The molecule has 2 heterocycles. The molecule has 2 aliphatic heterocycles. The normalized spacial score (nSPS) is 47.9. The minimum absolute atomic E-state index is 0.295. The van der Waals surface area contributed by atoms with Crippen LogP contribution in [0.3, 0.4) is 0 Å². The van der Waals surface area contributed by atoms with Crippen molar-refractivity contribution in [2.24, 2.45) is 11.8 Å². The van der Waals surface area contributed by atoms with Crippen molar-refractivity contribution in [3.8, 4) is 0 Å². The highest BCUT2D eigenvalue weighted by Crippen LogP contribution is 2.40. The maximum Gasteiger partial charge on any atom is 0.206 e. The van der Waals surface area contributed by atoms with E-state index in [2.05, 4.69) is 0 Å². The maximum absolute atomic E-state index is 10.1. The van der Waals surface area contributed by atoms with E-state index in [4.69, 9.17) is 19.3 Å². The summed E-state index contributed by atoms with van der Waals surface area (Å²) in [6.07, 6.45) is -4.27. The number of hydrogen-bond donors (Lipinski definition) is 6. The van der Waals surface area contributed by atoms with Gasteiger partial charge in [0, 0.05) is 5.92 Å². The van der Waals surface area contributed by atoms with Gasteiger partial charge in [0.05, 0.1) is 31.5 Å². The Bertz CT molecular complexity index is 507. The van der Waals surface area contributed by atoms with E-state index < -0.39 is 55.6 Å². The molecule has 4 unspecified atom stereocenters. The van der Waals surface area contributed by atoms with Gasteiger partial charge in [0.2, 0.25) is 6.29 Å². The van der Waals surface area contributed by atoms with Crippen molar-refractivity contribution in [1.82, 2.24) is 0 Å². The van der Waals surface area contributed by atoms with Gasteiger partial charge in [0.1, 0.15) is 24.4 Å². The summed E-state index contributed by atoms with van der Waals surface area (Å²) in [6.45, 7) is -0.865. The Labute approximate surface area is 138 Å².